The summed E-state index contributed by atoms with van der Waals surface area (Å²) >= 11 is 0. The molecular formula is C14H8IrN3O-. The van der Waals surface area contributed by atoms with Crippen LogP contribution in [-0.2, 0) is 20.1 Å². The molecule has 0 saturated carbocycles. The van der Waals surface area contributed by atoms with Crippen LogP contribution < -0.4 is 0 Å². The third kappa shape index (κ3) is 1.79. The maximum absolute atomic E-state index is 5.85. The first-order chi connectivity index (χ1) is 8.93. The number of benzene rings is 1. The van der Waals surface area contributed by atoms with Crippen molar-refractivity contribution in [2.75, 3.05) is 0 Å². The van der Waals surface area contributed by atoms with Gasteiger partial charge in [-0.2, -0.15) is 23.3 Å². The number of hydrogen-bond donors (Lipinski definition) is 0. The van der Waals surface area contributed by atoms with E-state index in [-0.39, 0.29) is 20.1 Å². The van der Waals surface area contributed by atoms with E-state index in [4.69, 9.17) is 4.42 Å². The Bertz CT molecular complexity index is 836. The predicted octanol–water partition coefficient (Wildman–Crippen LogP) is 2.96. The fourth-order valence-corrected chi connectivity index (χ4v) is 2.12. The third-order valence-electron chi connectivity index (χ3n) is 2.90. The normalized spacial score (nSPS) is 10.7. The van der Waals surface area contributed by atoms with Crippen LogP contribution in [0.2, 0.25) is 0 Å². The van der Waals surface area contributed by atoms with Crippen LogP contribution in [0.3, 0.4) is 0 Å². The van der Waals surface area contributed by atoms with Crippen LogP contribution in [-0.4, -0.2) is 14.8 Å². The maximum Gasteiger partial charge on any atom is 0.135 e. The number of nitrogens with zero attached hydrogens (tertiary/aromatic N) is 3. The molecule has 0 spiro atoms. The second-order valence-corrected chi connectivity index (χ2v) is 3.97. The predicted molar refractivity (Wildman–Crippen MR) is 67.5 cm³/mol. The molecule has 0 atom stereocenters. The maximum atomic E-state index is 5.85. The molecule has 0 amide bonds. The van der Waals surface area contributed by atoms with Gasteiger partial charge in [-0.15, -0.1) is 0 Å². The van der Waals surface area contributed by atoms with Gasteiger partial charge in [0.25, 0.3) is 0 Å². The van der Waals surface area contributed by atoms with Gasteiger partial charge in [0.2, 0.25) is 0 Å². The van der Waals surface area contributed by atoms with Crippen LogP contribution in [0.15, 0.2) is 53.3 Å². The average molecular weight is 426 g/mol. The Morgan fingerprint density at radius 3 is 2.95 bits per heavy atom. The molecule has 4 rings (SSSR count). The molecule has 0 fully saturated rings. The molecule has 5 heteroatoms. The summed E-state index contributed by atoms with van der Waals surface area (Å²) in [4.78, 5) is 4.35. The molecule has 1 radical (unpaired) electrons. The smallest absolute Gasteiger partial charge is 0.135 e. The van der Waals surface area contributed by atoms with Crippen LogP contribution >= 0.6 is 0 Å². The minimum Gasteiger partial charge on any atom is -0.512 e. The Morgan fingerprint density at radius 2 is 2.11 bits per heavy atom. The quantitative estimate of drug-likeness (QED) is 0.440. The molecule has 0 aliphatic carbocycles. The van der Waals surface area contributed by atoms with Crippen molar-refractivity contribution in [2.24, 2.45) is 0 Å². The van der Waals surface area contributed by atoms with Gasteiger partial charge in [-0.1, -0.05) is 5.39 Å². The van der Waals surface area contributed by atoms with Crippen LogP contribution in [0.1, 0.15) is 0 Å². The van der Waals surface area contributed by atoms with Gasteiger partial charge in [0.15, 0.2) is 0 Å². The van der Waals surface area contributed by atoms with E-state index in [0.717, 1.165) is 27.8 Å². The van der Waals surface area contributed by atoms with Gasteiger partial charge in [-0.3, -0.25) is 9.67 Å². The van der Waals surface area contributed by atoms with Gasteiger partial charge in [0, 0.05) is 44.3 Å². The van der Waals surface area contributed by atoms with Gasteiger partial charge in [0.05, 0.1) is 5.52 Å². The molecule has 3 aromatic heterocycles. The van der Waals surface area contributed by atoms with Gasteiger partial charge >= 0.3 is 0 Å². The fourth-order valence-electron chi connectivity index (χ4n) is 2.12. The summed E-state index contributed by atoms with van der Waals surface area (Å²) < 4.78 is 7.59. The zero-order chi connectivity index (χ0) is 11.9. The molecule has 0 aliphatic rings. The first-order valence-corrected chi connectivity index (χ1v) is 5.61. The molecule has 0 saturated heterocycles. The van der Waals surface area contributed by atoms with Crippen molar-refractivity contribution >= 4 is 22.1 Å². The van der Waals surface area contributed by atoms with E-state index in [1.807, 2.05) is 36.5 Å². The number of fused-ring (bicyclic) bond motifs is 3. The van der Waals surface area contributed by atoms with Crippen molar-refractivity contribution in [3.63, 3.8) is 0 Å². The number of aromatic nitrogens is 3. The summed E-state index contributed by atoms with van der Waals surface area (Å²) in [5.41, 5.74) is 3.21. The Kier molecular flexibility index (Phi) is 2.93. The Balaban J connectivity index is 0.00000110. The molecule has 0 bridgehead atoms. The van der Waals surface area contributed by atoms with Gasteiger partial charge in [0.1, 0.15) is 5.58 Å². The summed E-state index contributed by atoms with van der Waals surface area (Å²) in [5.74, 6) is 0. The van der Waals surface area contributed by atoms with Gasteiger partial charge < -0.3 is 4.42 Å². The summed E-state index contributed by atoms with van der Waals surface area (Å²) in [6, 6.07) is 12.6. The molecule has 0 unspecified atom stereocenters. The molecule has 95 valence electrons. The molecular weight excluding hydrogens is 418 g/mol. The van der Waals surface area contributed by atoms with E-state index >= 15 is 0 Å². The van der Waals surface area contributed by atoms with Gasteiger partial charge in [-0.05, 0) is 23.9 Å². The Hall–Kier alpha value is -1.97. The summed E-state index contributed by atoms with van der Waals surface area (Å²) in [7, 11) is 0. The average Bonchev–Trinajstić information content (AvgIpc) is 3.05. The van der Waals surface area contributed by atoms with Crippen molar-refractivity contribution < 1.29 is 24.5 Å². The number of pyridine rings is 1. The van der Waals surface area contributed by atoms with Crippen LogP contribution in [0.5, 0.6) is 0 Å². The van der Waals surface area contributed by atoms with Crippen molar-refractivity contribution in [3.05, 3.63) is 55.0 Å². The van der Waals surface area contributed by atoms with Crippen molar-refractivity contribution in [3.8, 4) is 5.69 Å². The summed E-state index contributed by atoms with van der Waals surface area (Å²) in [5, 5.41) is 5.19. The van der Waals surface area contributed by atoms with Crippen molar-refractivity contribution in [1.82, 2.24) is 14.8 Å². The Labute approximate surface area is 122 Å². The molecule has 0 N–H and O–H groups in total. The van der Waals surface area contributed by atoms with Crippen molar-refractivity contribution in [2.45, 2.75) is 0 Å². The number of rotatable bonds is 1. The zero-order valence-electron chi connectivity index (χ0n) is 9.70. The minimum atomic E-state index is 0. The van der Waals surface area contributed by atoms with E-state index in [9.17, 15) is 0 Å². The molecule has 3 heterocycles. The first kappa shape index (κ1) is 12.1. The molecule has 1 aromatic carbocycles. The van der Waals surface area contributed by atoms with Crippen LogP contribution in [0.25, 0.3) is 27.8 Å². The summed E-state index contributed by atoms with van der Waals surface area (Å²) in [6.45, 7) is 0. The molecule has 0 aliphatic heterocycles. The van der Waals surface area contributed by atoms with Crippen LogP contribution in [0.4, 0.5) is 0 Å². The van der Waals surface area contributed by atoms with E-state index in [1.165, 1.54) is 0 Å². The molecule has 4 aromatic rings. The van der Waals surface area contributed by atoms with E-state index in [0.29, 0.717) is 0 Å². The summed E-state index contributed by atoms with van der Waals surface area (Å²) in [6.07, 6.45) is 5.36. The molecule has 4 nitrogen and oxygen atoms in total. The zero-order valence-corrected chi connectivity index (χ0v) is 12.1. The first-order valence-electron chi connectivity index (χ1n) is 5.61. The fraction of sp³-hybridized carbons (Fsp3) is 0. The van der Waals surface area contributed by atoms with E-state index < -0.39 is 0 Å². The topological polar surface area (TPSA) is 43.9 Å². The van der Waals surface area contributed by atoms with E-state index in [1.54, 1.807) is 17.1 Å². The standard InChI is InChI=1S/C14H8N3O.Ir/c1-4-10-13-12(6-2-7-15-13)18-14(10)11(5-1)17-9-3-8-16-17;/h1-4,6-9H;/q-1;. The third-order valence-corrected chi connectivity index (χ3v) is 2.90. The molecule has 19 heavy (non-hydrogen) atoms. The second kappa shape index (κ2) is 4.61. The SMILES string of the molecule is [Ir].[c-]1ccc2c(oc3cccnc32)c1-n1cccn1. The largest absolute Gasteiger partial charge is 0.512 e. The van der Waals surface area contributed by atoms with Crippen LogP contribution in [0, 0.1) is 6.07 Å². The number of furan rings is 1. The minimum absolute atomic E-state index is 0. The Morgan fingerprint density at radius 1 is 1.16 bits per heavy atom. The van der Waals surface area contributed by atoms with Crippen molar-refractivity contribution in [1.29, 1.82) is 0 Å². The second-order valence-electron chi connectivity index (χ2n) is 3.97. The monoisotopic (exact) mass is 427 g/mol. The number of hydrogen-bond acceptors (Lipinski definition) is 3. The van der Waals surface area contributed by atoms with E-state index in [2.05, 4.69) is 16.1 Å². The van der Waals surface area contributed by atoms with Gasteiger partial charge in [-0.25, -0.2) is 0 Å².